The SMILES string of the molecule is C=CCNCC1CC2CCC1C2. The van der Waals surface area contributed by atoms with Gasteiger partial charge in [-0.1, -0.05) is 12.5 Å². The molecule has 1 nitrogen and oxygen atoms in total. The normalized spacial score (nSPS) is 38.8. The second kappa shape index (κ2) is 3.61. The van der Waals surface area contributed by atoms with Crippen LogP contribution in [-0.2, 0) is 0 Å². The molecule has 2 bridgehead atoms. The van der Waals surface area contributed by atoms with E-state index < -0.39 is 0 Å². The van der Waals surface area contributed by atoms with Gasteiger partial charge in [-0.3, -0.25) is 0 Å². The molecule has 3 atom stereocenters. The molecular formula is C11H19N. The van der Waals surface area contributed by atoms with E-state index in [0.717, 1.165) is 24.3 Å². The maximum atomic E-state index is 3.71. The van der Waals surface area contributed by atoms with Gasteiger partial charge in [-0.05, 0) is 43.6 Å². The average molecular weight is 165 g/mol. The van der Waals surface area contributed by atoms with Crippen LogP contribution in [0.25, 0.3) is 0 Å². The maximum absolute atomic E-state index is 3.71. The van der Waals surface area contributed by atoms with E-state index in [1.165, 1.54) is 32.2 Å². The van der Waals surface area contributed by atoms with Gasteiger partial charge in [0.25, 0.3) is 0 Å². The lowest BCUT2D eigenvalue weighted by Gasteiger charge is -2.21. The Kier molecular flexibility index (Phi) is 2.50. The van der Waals surface area contributed by atoms with Crippen molar-refractivity contribution >= 4 is 0 Å². The third kappa shape index (κ3) is 1.56. The molecule has 68 valence electrons. The van der Waals surface area contributed by atoms with Crippen LogP contribution in [0.15, 0.2) is 12.7 Å². The smallest absolute Gasteiger partial charge is 0.0132 e. The third-order valence-corrected chi connectivity index (χ3v) is 3.58. The molecule has 0 radical (unpaired) electrons. The summed E-state index contributed by atoms with van der Waals surface area (Å²) < 4.78 is 0. The molecule has 2 aliphatic rings. The number of hydrogen-bond donors (Lipinski definition) is 1. The Labute approximate surface area is 75.2 Å². The summed E-state index contributed by atoms with van der Waals surface area (Å²) in [6.07, 6.45) is 8.00. The number of nitrogens with one attached hydrogen (secondary N) is 1. The minimum absolute atomic E-state index is 0.980. The van der Waals surface area contributed by atoms with E-state index in [9.17, 15) is 0 Å². The van der Waals surface area contributed by atoms with Gasteiger partial charge in [0.2, 0.25) is 0 Å². The van der Waals surface area contributed by atoms with Crippen LogP contribution < -0.4 is 5.32 Å². The fraction of sp³-hybridized carbons (Fsp3) is 0.818. The van der Waals surface area contributed by atoms with E-state index in [1.54, 1.807) is 0 Å². The van der Waals surface area contributed by atoms with Gasteiger partial charge in [0, 0.05) is 6.54 Å². The molecule has 0 aromatic carbocycles. The molecule has 0 saturated heterocycles. The largest absolute Gasteiger partial charge is 0.313 e. The minimum atomic E-state index is 0.980. The summed E-state index contributed by atoms with van der Waals surface area (Å²) in [6.45, 7) is 5.92. The lowest BCUT2D eigenvalue weighted by atomic mass is 9.89. The van der Waals surface area contributed by atoms with Crippen LogP contribution in [0.4, 0.5) is 0 Å². The van der Waals surface area contributed by atoms with Crippen LogP contribution in [0, 0.1) is 17.8 Å². The van der Waals surface area contributed by atoms with E-state index in [-0.39, 0.29) is 0 Å². The summed E-state index contributed by atoms with van der Waals surface area (Å²) in [7, 11) is 0. The Morgan fingerprint density at radius 1 is 1.33 bits per heavy atom. The molecule has 0 aromatic rings. The molecule has 2 rings (SSSR count). The van der Waals surface area contributed by atoms with Gasteiger partial charge in [-0.25, -0.2) is 0 Å². The molecule has 1 heteroatoms. The van der Waals surface area contributed by atoms with Crippen molar-refractivity contribution in [1.82, 2.24) is 5.32 Å². The Hall–Kier alpha value is -0.300. The van der Waals surface area contributed by atoms with Crippen molar-refractivity contribution in [3.63, 3.8) is 0 Å². The zero-order valence-corrected chi connectivity index (χ0v) is 7.76. The highest BCUT2D eigenvalue weighted by atomic mass is 14.9. The van der Waals surface area contributed by atoms with Crippen LogP contribution >= 0.6 is 0 Å². The van der Waals surface area contributed by atoms with Gasteiger partial charge >= 0.3 is 0 Å². The average Bonchev–Trinajstić information content (AvgIpc) is 2.65. The van der Waals surface area contributed by atoms with Gasteiger partial charge in [0.1, 0.15) is 0 Å². The van der Waals surface area contributed by atoms with Crippen molar-refractivity contribution in [2.24, 2.45) is 17.8 Å². The monoisotopic (exact) mass is 165 g/mol. The molecule has 2 aliphatic carbocycles. The second-order valence-electron chi connectivity index (χ2n) is 4.38. The molecule has 2 fully saturated rings. The zero-order valence-electron chi connectivity index (χ0n) is 7.76. The van der Waals surface area contributed by atoms with Crippen molar-refractivity contribution in [2.45, 2.75) is 25.7 Å². The van der Waals surface area contributed by atoms with E-state index in [4.69, 9.17) is 0 Å². The van der Waals surface area contributed by atoms with Crippen molar-refractivity contribution in [3.05, 3.63) is 12.7 Å². The topological polar surface area (TPSA) is 12.0 Å². The molecule has 0 heterocycles. The molecule has 3 unspecified atom stereocenters. The summed E-state index contributed by atoms with van der Waals surface area (Å²) in [5.41, 5.74) is 0. The Bertz CT molecular complexity index is 164. The second-order valence-corrected chi connectivity index (χ2v) is 4.38. The fourth-order valence-corrected chi connectivity index (χ4v) is 3.00. The van der Waals surface area contributed by atoms with Crippen LogP contribution in [-0.4, -0.2) is 13.1 Å². The Morgan fingerprint density at radius 2 is 2.25 bits per heavy atom. The van der Waals surface area contributed by atoms with E-state index in [2.05, 4.69) is 11.9 Å². The fourth-order valence-electron chi connectivity index (χ4n) is 3.00. The number of rotatable bonds is 4. The Balaban J connectivity index is 1.72. The van der Waals surface area contributed by atoms with Gasteiger partial charge < -0.3 is 5.32 Å². The van der Waals surface area contributed by atoms with Gasteiger partial charge in [-0.15, -0.1) is 6.58 Å². The number of fused-ring (bicyclic) bond motifs is 2. The maximum Gasteiger partial charge on any atom is 0.0132 e. The predicted octanol–water partition coefficient (Wildman–Crippen LogP) is 2.20. The standard InChI is InChI=1S/C11H19N/c1-2-5-12-8-11-7-9-3-4-10(11)6-9/h2,9-12H,1,3-8H2. The molecule has 0 aliphatic heterocycles. The van der Waals surface area contributed by atoms with Crippen LogP contribution in [0.1, 0.15) is 25.7 Å². The molecule has 0 spiro atoms. The summed E-state index contributed by atoms with van der Waals surface area (Å²) in [4.78, 5) is 0. The molecule has 0 amide bonds. The van der Waals surface area contributed by atoms with E-state index in [1.807, 2.05) is 6.08 Å². The summed E-state index contributed by atoms with van der Waals surface area (Å²) in [5, 5.41) is 3.44. The highest BCUT2D eigenvalue weighted by Gasteiger charge is 2.38. The van der Waals surface area contributed by atoms with Gasteiger partial charge in [0.05, 0.1) is 0 Å². The lowest BCUT2D eigenvalue weighted by molar-refractivity contribution is 0.323. The summed E-state index contributed by atoms with van der Waals surface area (Å²) in [6, 6.07) is 0. The lowest BCUT2D eigenvalue weighted by Crippen LogP contribution is -2.26. The highest BCUT2D eigenvalue weighted by molar-refractivity contribution is 4.91. The van der Waals surface area contributed by atoms with Crippen LogP contribution in [0.2, 0.25) is 0 Å². The minimum Gasteiger partial charge on any atom is -0.313 e. The first-order valence-electron chi connectivity index (χ1n) is 5.21. The molecule has 12 heavy (non-hydrogen) atoms. The van der Waals surface area contributed by atoms with Crippen molar-refractivity contribution in [3.8, 4) is 0 Å². The molecular weight excluding hydrogens is 146 g/mol. The van der Waals surface area contributed by atoms with E-state index in [0.29, 0.717) is 0 Å². The van der Waals surface area contributed by atoms with Crippen molar-refractivity contribution < 1.29 is 0 Å². The first-order valence-corrected chi connectivity index (χ1v) is 5.21. The highest BCUT2D eigenvalue weighted by Crippen LogP contribution is 2.47. The van der Waals surface area contributed by atoms with Crippen LogP contribution in [0.5, 0.6) is 0 Å². The number of hydrogen-bond acceptors (Lipinski definition) is 1. The summed E-state index contributed by atoms with van der Waals surface area (Å²) >= 11 is 0. The molecule has 0 aromatic heterocycles. The molecule has 1 N–H and O–H groups in total. The zero-order chi connectivity index (χ0) is 8.39. The van der Waals surface area contributed by atoms with Gasteiger partial charge in [-0.2, -0.15) is 0 Å². The van der Waals surface area contributed by atoms with Crippen molar-refractivity contribution in [1.29, 1.82) is 0 Å². The first kappa shape index (κ1) is 8.31. The quantitative estimate of drug-likeness (QED) is 0.497. The molecule has 2 saturated carbocycles. The van der Waals surface area contributed by atoms with Crippen LogP contribution in [0.3, 0.4) is 0 Å². The predicted molar refractivity (Wildman–Crippen MR) is 52.0 cm³/mol. The van der Waals surface area contributed by atoms with Crippen molar-refractivity contribution in [2.75, 3.05) is 13.1 Å². The third-order valence-electron chi connectivity index (χ3n) is 3.58. The summed E-state index contributed by atoms with van der Waals surface area (Å²) in [5.74, 6) is 3.14. The first-order chi connectivity index (χ1) is 5.90. The van der Waals surface area contributed by atoms with Gasteiger partial charge in [0.15, 0.2) is 0 Å². The van der Waals surface area contributed by atoms with E-state index >= 15 is 0 Å². The Morgan fingerprint density at radius 3 is 2.83 bits per heavy atom.